The molecule has 1 saturated heterocycles. The number of hydrogen-bond acceptors (Lipinski definition) is 4. The van der Waals surface area contributed by atoms with Crippen molar-refractivity contribution in [3.8, 4) is 5.75 Å². The summed E-state index contributed by atoms with van der Waals surface area (Å²) in [6, 6.07) is 13.2. The van der Waals surface area contributed by atoms with Gasteiger partial charge in [0.2, 0.25) is 0 Å². The molecule has 0 N–H and O–H groups in total. The van der Waals surface area contributed by atoms with E-state index in [0.29, 0.717) is 17.4 Å². The number of ether oxygens (including phenoxy) is 1. The van der Waals surface area contributed by atoms with E-state index in [1.807, 2.05) is 42.5 Å². The maximum atomic E-state index is 12.7. The van der Waals surface area contributed by atoms with E-state index in [-0.39, 0.29) is 17.7 Å². The lowest BCUT2D eigenvalue weighted by Crippen LogP contribution is -2.27. The van der Waals surface area contributed by atoms with Crippen LogP contribution < -0.4 is 4.74 Å². The van der Waals surface area contributed by atoms with Gasteiger partial charge < -0.3 is 4.74 Å². The van der Waals surface area contributed by atoms with Crippen LogP contribution in [0.15, 0.2) is 56.3 Å². The predicted molar refractivity (Wildman–Crippen MR) is 120 cm³/mol. The van der Waals surface area contributed by atoms with Gasteiger partial charge in [-0.05, 0) is 75.1 Å². The SMILES string of the molecule is CC(C)COc1ccc(/C=C2/SC(=O)N(Cc3ccc(Br)cc3)C2=O)cc1Br. The first-order chi connectivity index (χ1) is 13.3. The van der Waals surface area contributed by atoms with Gasteiger partial charge in [0.05, 0.1) is 22.5 Å². The molecule has 3 rings (SSSR count). The summed E-state index contributed by atoms with van der Waals surface area (Å²) in [4.78, 5) is 26.7. The molecular weight excluding hydrogens is 506 g/mol. The minimum absolute atomic E-state index is 0.255. The Morgan fingerprint density at radius 1 is 1.11 bits per heavy atom. The van der Waals surface area contributed by atoms with Crippen molar-refractivity contribution in [3.63, 3.8) is 0 Å². The average Bonchev–Trinajstić information content (AvgIpc) is 2.90. The van der Waals surface area contributed by atoms with Gasteiger partial charge in [-0.25, -0.2) is 0 Å². The fraction of sp³-hybridized carbons (Fsp3) is 0.238. The van der Waals surface area contributed by atoms with Crippen LogP contribution in [0.25, 0.3) is 6.08 Å². The normalized spacial score (nSPS) is 15.8. The average molecular weight is 525 g/mol. The number of carbonyl (C=O) groups excluding carboxylic acids is 2. The number of carbonyl (C=O) groups is 2. The second kappa shape index (κ2) is 9.29. The Morgan fingerprint density at radius 3 is 2.46 bits per heavy atom. The molecule has 4 nitrogen and oxygen atoms in total. The highest BCUT2D eigenvalue weighted by molar-refractivity contribution is 9.10. The fourth-order valence-electron chi connectivity index (χ4n) is 2.54. The molecule has 0 aliphatic carbocycles. The molecule has 7 heteroatoms. The minimum atomic E-state index is -0.269. The number of benzene rings is 2. The molecule has 2 aromatic carbocycles. The largest absolute Gasteiger partial charge is 0.492 e. The quantitative estimate of drug-likeness (QED) is 0.405. The third-order valence-corrected chi connectivity index (χ3v) is 6.01. The molecule has 0 atom stereocenters. The molecule has 28 heavy (non-hydrogen) atoms. The summed E-state index contributed by atoms with van der Waals surface area (Å²) in [6.07, 6.45) is 1.74. The van der Waals surface area contributed by atoms with Crippen LogP contribution in [0.5, 0.6) is 5.75 Å². The molecule has 146 valence electrons. The van der Waals surface area contributed by atoms with Crippen molar-refractivity contribution in [2.45, 2.75) is 20.4 Å². The second-order valence-electron chi connectivity index (χ2n) is 6.79. The van der Waals surface area contributed by atoms with Crippen molar-refractivity contribution in [1.29, 1.82) is 0 Å². The summed E-state index contributed by atoms with van der Waals surface area (Å²) in [5.41, 5.74) is 1.74. The first-order valence-corrected chi connectivity index (χ1v) is 11.2. The van der Waals surface area contributed by atoms with E-state index in [4.69, 9.17) is 4.74 Å². The Bertz CT molecular complexity index is 926. The molecule has 1 heterocycles. The van der Waals surface area contributed by atoms with Crippen LogP contribution in [0.1, 0.15) is 25.0 Å². The number of rotatable bonds is 6. The summed E-state index contributed by atoms with van der Waals surface area (Å²) in [5, 5.41) is -0.255. The van der Waals surface area contributed by atoms with Crippen LogP contribution in [0.3, 0.4) is 0 Å². The third-order valence-electron chi connectivity index (χ3n) is 3.95. The fourth-order valence-corrected chi connectivity index (χ4v) is 4.15. The van der Waals surface area contributed by atoms with Crippen molar-refractivity contribution in [2.24, 2.45) is 5.92 Å². The number of hydrogen-bond donors (Lipinski definition) is 0. The van der Waals surface area contributed by atoms with Gasteiger partial charge in [0.25, 0.3) is 11.1 Å². The van der Waals surface area contributed by atoms with Crippen LogP contribution in [0.2, 0.25) is 0 Å². The maximum absolute atomic E-state index is 12.7. The van der Waals surface area contributed by atoms with Gasteiger partial charge in [0, 0.05) is 4.47 Å². The van der Waals surface area contributed by atoms with Crippen molar-refractivity contribution >= 4 is 60.8 Å². The summed E-state index contributed by atoms with van der Waals surface area (Å²) in [6.45, 7) is 5.08. The van der Waals surface area contributed by atoms with E-state index >= 15 is 0 Å². The number of thioether (sulfide) groups is 1. The second-order valence-corrected chi connectivity index (χ2v) is 9.55. The molecule has 2 amide bonds. The Labute approximate surface area is 185 Å². The summed E-state index contributed by atoms with van der Waals surface area (Å²) in [7, 11) is 0. The van der Waals surface area contributed by atoms with Crippen LogP contribution in [-0.4, -0.2) is 22.7 Å². The van der Waals surface area contributed by atoms with Crippen molar-refractivity contribution in [3.05, 3.63) is 67.4 Å². The molecule has 0 saturated carbocycles. The topological polar surface area (TPSA) is 46.6 Å². The van der Waals surface area contributed by atoms with Gasteiger partial charge in [-0.3, -0.25) is 14.5 Å². The molecular formula is C21H19Br2NO3S. The lowest BCUT2D eigenvalue weighted by Gasteiger charge is -2.12. The Morgan fingerprint density at radius 2 is 1.82 bits per heavy atom. The first-order valence-electron chi connectivity index (χ1n) is 8.75. The standard InChI is InChI=1S/C21H19Br2NO3S/c1-13(2)12-27-18-8-5-15(9-17(18)23)10-19-20(25)24(21(26)28-19)11-14-3-6-16(22)7-4-14/h3-10,13H,11-12H2,1-2H3/b19-10+. The van der Waals surface area contributed by atoms with Gasteiger partial charge in [-0.1, -0.05) is 48.0 Å². The molecule has 1 aliphatic heterocycles. The van der Waals surface area contributed by atoms with Gasteiger partial charge in [0.15, 0.2) is 0 Å². The molecule has 1 fully saturated rings. The van der Waals surface area contributed by atoms with Gasteiger partial charge >= 0.3 is 0 Å². The van der Waals surface area contributed by atoms with Crippen molar-refractivity contribution in [1.82, 2.24) is 4.90 Å². The molecule has 0 spiro atoms. The Hall–Kier alpha value is -1.57. The van der Waals surface area contributed by atoms with E-state index in [9.17, 15) is 9.59 Å². The third kappa shape index (κ3) is 5.27. The van der Waals surface area contributed by atoms with Gasteiger partial charge in [0.1, 0.15) is 5.75 Å². The molecule has 1 aliphatic rings. The number of imide groups is 1. The Balaban J connectivity index is 1.74. The zero-order valence-corrected chi connectivity index (χ0v) is 19.4. The maximum Gasteiger partial charge on any atom is 0.293 e. The van der Waals surface area contributed by atoms with Crippen LogP contribution >= 0.6 is 43.6 Å². The van der Waals surface area contributed by atoms with E-state index in [0.717, 1.165) is 37.6 Å². The minimum Gasteiger partial charge on any atom is -0.492 e. The van der Waals surface area contributed by atoms with Gasteiger partial charge in [-0.15, -0.1) is 0 Å². The van der Waals surface area contributed by atoms with Crippen molar-refractivity contribution in [2.75, 3.05) is 6.61 Å². The number of nitrogens with zero attached hydrogens (tertiary/aromatic N) is 1. The molecule has 0 unspecified atom stereocenters. The lowest BCUT2D eigenvalue weighted by atomic mass is 10.2. The van der Waals surface area contributed by atoms with Crippen molar-refractivity contribution < 1.29 is 14.3 Å². The van der Waals surface area contributed by atoms with Crippen LogP contribution in [0.4, 0.5) is 4.79 Å². The molecule has 0 aromatic heterocycles. The monoisotopic (exact) mass is 523 g/mol. The summed E-state index contributed by atoms with van der Waals surface area (Å²) in [5.74, 6) is 0.923. The van der Waals surface area contributed by atoms with E-state index in [1.54, 1.807) is 6.08 Å². The molecule has 0 bridgehead atoms. The predicted octanol–water partition coefficient (Wildman–Crippen LogP) is 6.48. The number of amides is 2. The number of halogens is 2. The zero-order chi connectivity index (χ0) is 20.3. The zero-order valence-electron chi connectivity index (χ0n) is 15.4. The highest BCUT2D eigenvalue weighted by atomic mass is 79.9. The lowest BCUT2D eigenvalue weighted by molar-refractivity contribution is -0.123. The van der Waals surface area contributed by atoms with E-state index in [2.05, 4.69) is 45.7 Å². The van der Waals surface area contributed by atoms with E-state index < -0.39 is 0 Å². The summed E-state index contributed by atoms with van der Waals surface area (Å²) < 4.78 is 7.52. The summed E-state index contributed by atoms with van der Waals surface area (Å²) >= 11 is 7.86. The van der Waals surface area contributed by atoms with Crippen LogP contribution in [0, 0.1) is 5.92 Å². The van der Waals surface area contributed by atoms with Crippen LogP contribution in [-0.2, 0) is 11.3 Å². The van der Waals surface area contributed by atoms with E-state index in [1.165, 1.54) is 4.90 Å². The highest BCUT2D eigenvalue weighted by Gasteiger charge is 2.34. The van der Waals surface area contributed by atoms with Gasteiger partial charge in [-0.2, -0.15) is 0 Å². The highest BCUT2D eigenvalue weighted by Crippen LogP contribution is 2.35. The smallest absolute Gasteiger partial charge is 0.293 e. The first kappa shape index (κ1) is 21.1. The molecule has 2 aromatic rings. The molecule has 0 radical (unpaired) electrons. The Kier molecular flexibility index (Phi) is 7.01.